The van der Waals surface area contributed by atoms with Crippen LogP contribution < -0.4 is 5.73 Å². The monoisotopic (exact) mass is 289 g/mol. The van der Waals surface area contributed by atoms with Crippen molar-refractivity contribution < 1.29 is 0 Å². The van der Waals surface area contributed by atoms with Gasteiger partial charge in [-0.15, -0.1) is 0 Å². The van der Waals surface area contributed by atoms with E-state index in [2.05, 4.69) is 24.0 Å². The van der Waals surface area contributed by atoms with Crippen LogP contribution in [0, 0.1) is 0 Å². The van der Waals surface area contributed by atoms with Gasteiger partial charge < -0.3 is 5.73 Å². The molecule has 3 heterocycles. The second kappa shape index (κ2) is 4.92. The lowest BCUT2D eigenvalue weighted by molar-refractivity contribution is 0.500. The van der Waals surface area contributed by atoms with Gasteiger partial charge in [-0.05, 0) is 26.0 Å². The van der Waals surface area contributed by atoms with E-state index < -0.39 is 0 Å². The molecule has 104 valence electrons. The zero-order valence-corrected chi connectivity index (χ0v) is 12.1. The molecule has 0 amide bonds. The van der Waals surface area contributed by atoms with Crippen LogP contribution in [0.1, 0.15) is 37.2 Å². The lowest BCUT2D eigenvalue weighted by Gasteiger charge is -2.16. The molecule has 20 heavy (non-hydrogen) atoms. The SMILES string of the molecule is CC(C)n1ncc(Cl)c1C(N)c1cnn2ccccc12. The maximum Gasteiger partial charge on any atom is 0.0837 e. The molecule has 2 N–H and O–H groups in total. The summed E-state index contributed by atoms with van der Waals surface area (Å²) >= 11 is 6.26. The van der Waals surface area contributed by atoms with Gasteiger partial charge in [-0.1, -0.05) is 17.7 Å². The summed E-state index contributed by atoms with van der Waals surface area (Å²) in [7, 11) is 0. The number of fused-ring (bicyclic) bond motifs is 1. The van der Waals surface area contributed by atoms with E-state index in [1.54, 1.807) is 16.9 Å². The second-order valence-electron chi connectivity index (χ2n) is 5.02. The number of hydrogen-bond acceptors (Lipinski definition) is 3. The Morgan fingerprint density at radius 2 is 2.00 bits per heavy atom. The summed E-state index contributed by atoms with van der Waals surface area (Å²) in [5.74, 6) is 0. The molecule has 0 spiro atoms. The summed E-state index contributed by atoms with van der Waals surface area (Å²) in [6.07, 6.45) is 5.32. The van der Waals surface area contributed by atoms with Crippen molar-refractivity contribution in [2.24, 2.45) is 5.73 Å². The molecule has 0 aromatic carbocycles. The molecule has 0 aliphatic rings. The van der Waals surface area contributed by atoms with Crippen molar-refractivity contribution in [2.45, 2.75) is 25.9 Å². The number of nitrogens with zero attached hydrogens (tertiary/aromatic N) is 4. The van der Waals surface area contributed by atoms with Crippen LogP contribution in [0.4, 0.5) is 0 Å². The number of rotatable bonds is 3. The predicted molar refractivity (Wildman–Crippen MR) is 78.8 cm³/mol. The van der Waals surface area contributed by atoms with Crippen molar-refractivity contribution in [1.29, 1.82) is 0 Å². The Morgan fingerprint density at radius 1 is 1.20 bits per heavy atom. The van der Waals surface area contributed by atoms with Crippen LogP contribution in [0.3, 0.4) is 0 Å². The lowest BCUT2D eigenvalue weighted by atomic mass is 10.1. The van der Waals surface area contributed by atoms with Gasteiger partial charge in [0.25, 0.3) is 0 Å². The average molecular weight is 290 g/mol. The molecule has 1 atom stereocenters. The Balaban J connectivity index is 2.13. The van der Waals surface area contributed by atoms with Gasteiger partial charge in [0.1, 0.15) is 0 Å². The highest BCUT2D eigenvalue weighted by molar-refractivity contribution is 6.31. The summed E-state index contributed by atoms with van der Waals surface area (Å²) < 4.78 is 3.67. The molecular formula is C14H16ClN5. The highest BCUT2D eigenvalue weighted by atomic mass is 35.5. The molecule has 3 aromatic heterocycles. The third-order valence-electron chi connectivity index (χ3n) is 3.36. The number of halogens is 1. The molecule has 0 aliphatic carbocycles. The molecular weight excluding hydrogens is 274 g/mol. The topological polar surface area (TPSA) is 61.1 Å². The predicted octanol–water partition coefficient (Wildman–Crippen LogP) is 2.81. The summed E-state index contributed by atoms with van der Waals surface area (Å²) in [5, 5.41) is 9.21. The van der Waals surface area contributed by atoms with Crippen molar-refractivity contribution in [3.05, 3.63) is 53.1 Å². The maximum absolute atomic E-state index is 6.41. The Hall–Kier alpha value is -1.85. The van der Waals surface area contributed by atoms with E-state index in [9.17, 15) is 0 Å². The fraction of sp³-hybridized carbons (Fsp3) is 0.286. The smallest absolute Gasteiger partial charge is 0.0837 e. The van der Waals surface area contributed by atoms with Gasteiger partial charge in [0.15, 0.2) is 0 Å². The highest BCUT2D eigenvalue weighted by Crippen LogP contribution is 2.30. The first-order valence-corrected chi connectivity index (χ1v) is 6.88. The summed E-state index contributed by atoms with van der Waals surface area (Å²) in [5.41, 5.74) is 9.15. The molecule has 3 aromatic rings. The minimum absolute atomic E-state index is 0.199. The van der Waals surface area contributed by atoms with Gasteiger partial charge in [-0.3, -0.25) is 4.68 Å². The zero-order chi connectivity index (χ0) is 14.3. The minimum Gasteiger partial charge on any atom is -0.319 e. The quantitative estimate of drug-likeness (QED) is 0.806. The fourth-order valence-electron chi connectivity index (χ4n) is 2.39. The van der Waals surface area contributed by atoms with E-state index in [1.807, 2.05) is 29.1 Å². The fourth-order valence-corrected chi connectivity index (χ4v) is 2.64. The first kappa shape index (κ1) is 13.1. The van der Waals surface area contributed by atoms with E-state index in [-0.39, 0.29) is 12.1 Å². The average Bonchev–Trinajstić information content (AvgIpc) is 3.01. The molecule has 0 saturated carbocycles. The van der Waals surface area contributed by atoms with Crippen LogP contribution in [-0.2, 0) is 0 Å². The van der Waals surface area contributed by atoms with Crippen LogP contribution in [-0.4, -0.2) is 19.4 Å². The van der Waals surface area contributed by atoms with Crippen LogP contribution >= 0.6 is 11.6 Å². The van der Waals surface area contributed by atoms with Crippen LogP contribution in [0.2, 0.25) is 5.02 Å². The van der Waals surface area contributed by atoms with E-state index in [0.29, 0.717) is 5.02 Å². The van der Waals surface area contributed by atoms with Crippen molar-refractivity contribution in [2.75, 3.05) is 0 Å². The highest BCUT2D eigenvalue weighted by Gasteiger charge is 2.22. The second-order valence-corrected chi connectivity index (χ2v) is 5.43. The van der Waals surface area contributed by atoms with Crippen LogP contribution in [0.15, 0.2) is 36.8 Å². The third kappa shape index (κ3) is 1.99. The number of nitrogens with two attached hydrogens (primary N) is 1. The van der Waals surface area contributed by atoms with Crippen LogP contribution in [0.5, 0.6) is 0 Å². The van der Waals surface area contributed by atoms with E-state index >= 15 is 0 Å². The first-order valence-electron chi connectivity index (χ1n) is 6.50. The summed E-state index contributed by atoms with van der Waals surface area (Å²) in [6, 6.07) is 5.74. The number of pyridine rings is 1. The maximum atomic E-state index is 6.41. The third-order valence-corrected chi connectivity index (χ3v) is 3.65. The Morgan fingerprint density at radius 3 is 2.75 bits per heavy atom. The molecule has 5 nitrogen and oxygen atoms in total. The molecule has 6 heteroatoms. The van der Waals surface area contributed by atoms with Crippen molar-refractivity contribution in [3.63, 3.8) is 0 Å². The van der Waals surface area contributed by atoms with E-state index in [0.717, 1.165) is 16.8 Å². The Kier molecular flexibility index (Phi) is 3.23. The first-order chi connectivity index (χ1) is 9.59. The summed E-state index contributed by atoms with van der Waals surface area (Å²) in [6.45, 7) is 4.10. The van der Waals surface area contributed by atoms with Gasteiger partial charge in [-0.2, -0.15) is 10.2 Å². The van der Waals surface area contributed by atoms with Crippen molar-refractivity contribution in [3.8, 4) is 0 Å². The molecule has 0 bridgehead atoms. The molecule has 0 aliphatic heterocycles. The minimum atomic E-state index is -0.354. The van der Waals surface area contributed by atoms with Gasteiger partial charge in [0, 0.05) is 17.8 Å². The van der Waals surface area contributed by atoms with Crippen molar-refractivity contribution in [1.82, 2.24) is 19.4 Å². The molecule has 3 rings (SSSR count). The van der Waals surface area contributed by atoms with Gasteiger partial charge in [0.05, 0.1) is 34.7 Å². The standard InChI is InChI=1S/C14H16ClN5/c1-9(2)20-14(11(15)8-18-20)13(16)10-7-17-19-6-4-3-5-12(10)19/h3-9,13H,16H2,1-2H3. The van der Waals surface area contributed by atoms with Crippen LogP contribution in [0.25, 0.3) is 5.52 Å². The summed E-state index contributed by atoms with van der Waals surface area (Å²) in [4.78, 5) is 0. The van der Waals surface area contributed by atoms with E-state index in [1.165, 1.54) is 0 Å². The van der Waals surface area contributed by atoms with E-state index in [4.69, 9.17) is 17.3 Å². The Bertz CT molecular complexity index is 743. The largest absolute Gasteiger partial charge is 0.319 e. The van der Waals surface area contributed by atoms with Gasteiger partial charge in [-0.25, -0.2) is 4.52 Å². The number of hydrogen-bond donors (Lipinski definition) is 1. The molecule has 0 radical (unpaired) electrons. The van der Waals surface area contributed by atoms with Gasteiger partial charge in [0.2, 0.25) is 0 Å². The Labute approximate surface area is 122 Å². The lowest BCUT2D eigenvalue weighted by Crippen LogP contribution is -2.19. The molecule has 0 fully saturated rings. The molecule has 0 saturated heterocycles. The zero-order valence-electron chi connectivity index (χ0n) is 11.4. The molecule has 1 unspecified atom stereocenters. The number of aromatic nitrogens is 4. The normalized spacial score (nSPS) is 13.2. The van der Waals surface area contributed by atoms with Gasteiger partial charge >= 0.3 is 0 Å². The van der Waals surface area contributed by atoms with Crippen molar-refractivity contribution >= 4 is 17.1 Å².